The highest BCUT2D eigenvalue weighted by Gasteiger charge is 2.17. The molecule has 0 unspecified atom stereocenters. The molecule has 0 aliphatic rings. The van der Waals surface area contributed by atoms with Crippen LogP contribution >= 0.6 is 0 Å². The Morgan fingerprint density at radius 2 is 2.10 bits per heavy atom. The molecule has 0 atom stereocenters. The average molecular weight is 282 g/mol. The van der Waals surface area contributed by atoms with E-state index in [1.165, 1.54) is 19.2 Å². The molecule has 1 aromatic carbocycles. The summed E-state index contributed by atoms with van der Waals surface area (Å²) >= 11 is 0. The third-order valence-electron chi connectivity index (χ3n) is 3.12. The summed E-state index contributed by atoms with van der Waals surface area (Å²) in [5, 5.41) is 23.1. The minimum atomic E-state index is -0.429. The number of nitro groups is 1. The third kappa shape index (κ3) is 5.14. The Balaban J connectivity index is 2.68. The number of non-ortho nitro benzene ring substituents is 1. The van der Waals surface area contributed by atoms with Crippen LogP contribution in [-0.2, 0) is 6.54 Å². The molecule has 0 spiro atoms. The highest BCUT2D eigenvalue weighted by atomic mass is 16.6. The summed E-state index contributed by atoms with van der Waals surface area (Å²) in [5.74, 6) is 0.477. The zero-order valence-corrected chi connectivity index (χ0v) is 12.2. The molecule has 0 bridgehead atoms. The van der Waals surface area contributed by atoms with Crippen molar-refractivity contribution >= 4 is 5.69 Å². The van der Waals surface area contributed by atoms with Gasteiger partial charge in [0.15, 0.2) is 0 Å². The quantitative estimate of drug-likeness (QED) is 0.563. The molecule has 0 fully saturated rings. The maximum absolute atomic E-state index is 10.8. The molecule has 1 aromatic rings. The standard InChI is InChI=1S/C14H22N2O4/c1-14(2,4-5-17)10-15-9-11-6-12(16(18)19)8-13(7-11)20-3/h6-8,15,17H,4-5,9-10H2,1-3H3. The fourth-order valence-electron chi connectivity index (χ4n) is 1.91. The lowest BCUT2D eigenvalue weighted by Gasteiger charge is -2.24. The third-order valence-corrected chi connectivity index (χ3v) is 3.12. The molecule has 0 aliphatic heterocycles. The fourth-order valence-corrected chi connectivity index (χ4v) is 1.91. The number of rotatable bonds is 8. The van der Waals surface area contributed by atoms with Crippen LogP contribution < -0.4 is 10.1 Å². The lowest BCUT2D eigenvalue weighted by atomic mass is 9.90. The van der Waals surface area contributed by atoms with Gasteiger partial charge < -0.3 is 15.2 Å². The summed E-state index contributed by atoms with van der Waals surface area (Å²) in [6, 6.07) is 4.72. The van der Waals surface area contributed by atoms with Crippen molar-refractivity contribution in [2.45, 2.75) is 26.8 Å². The Bertz CT molecular complexity index is 460. The van der Waals surface area contributed by atoms with Crippen molar-refractivity contribution < 1.29 is 14.8 Å². The molecule has 20 heavy (non-hydrogen) atoms. The van der Waals surface area contributed by atoms with Gasteiger partial charge in [-0.15, -0.1) is 0 Å². The van der Waals surface area contributed by atoms with Gasteiger partial charge >= 0.3 is 0 Å². The zero-order valence-electron chi connectivity index (χ0n) is 12.2. The largest absolute Gasteiger partial charge is 0.496 e. The molecule has 0 radical (unpaired) electrons. The van der Waals surface area contributed by atoms with Crippen LogP contribution in [0.1, 0.15) is 25.8 Å². The number of aliphatic hydroxyl groups is 1. The number of nitro benzene ring substituents is 1. The summed E-state index contributed by atoms with van der Waals surface area (Å²) in [7, 11) is 1.49. The number of hydrogen-bond donors (Lipinski definition) is 2. The molecular weight excluding hydrogens is 260 g/mol. The van der Waals surface area contributed by atoms with Crippen molar-refractivity contribution in [3.63, 3.8) is 0 Å². The number of benzene rings is 1. The van der Waals surface area contributed by atoms with Crippen LogP contribution in [0.2, 0.25) is 0 Å². The highest BCUT2D eigenvalue weighted by Crippen LogP contribution is 2.23. The van der Waals surface area contributed by atoms with E-state index < -0.39 is 4.92 Å². The van der Waals surface area contributed by atoms with E-state index in [4.69, 9.17) is 9.84 Å². The van der Waals surface area contributed by atoms with E-state index in [0.717, 1.165) is 12.1 Å². The predicted molar refractivity (Wildman–Crippen MR) is 76.8 cm³/mol. The summed E-state index contributed by atoms with van der Waals surface area (Å²) in [6.45, 7) is 5.51. The van der Waals surface area contributed by atoms with Crippen molar-refractivity contribution in [1.29, 1.82) is 0 Å². The van der Waals surface area contributed by atoms with Crippen molar-refractivity contribution in [2.75, 3.05) is 20.3 Å². The second-order valence-electron chi connectivity index (χ2n) is 5.54. The molecule has 0 heterocycles. The summed E-state index contributed by atoms with van der Waals surface area (Å²) < 4.78 is 5.07. The number of aliphatic hydroxyl groups excluding tert-OH is 1. The summed E-state index contributed by atoms with van der Waals surface area (Å²) in [6.07, 6.45) is 0.707. The van der Waals surface area contributed by atoms with Crippen molar-refractivity contribution in [2.24, 2.45) is 5.41 Å². The number of methoxy groups -OCH3 is 1. The molecule has 1 rings (SSSR count). The molecule has 0 saturated carbocycles. The normalized spacial score (nSPS) is 11.4. The first-order chi connectivity index (χ1) is 9.38. The Kier molecular flexibility index (Phi) is 5.91. The minimum Gasteiger partial charge on any atom is -0.496 e. The molecule has 6 nitrogen and oxygen atoms in total. The molecule has 0 aromatic heterocycles. The molecule has 0 saturated heterocycles. The van der Waals surface area contributed by atoms with Crippen LogP contribution in [-0.4, -0.2) is 30.3 Å². The molecule has 0 aliphatic carbocycles. The van der Waals surface area contributed by atoms with Gasteiger partial charge in [-0.2, -0.15) is 0 Å². The van der Waals surface area contributed by atoms with E-state index in [2.05, 4.69) is 19.2 Å². The SMILES string of the molecule is COc1cc(CNCC(C)(C)CCO)cc([N+](=O)[O-])c1. The Morgan fingerprint density at radius 1 is 1.40 bits per heavy atom. The smallest absolute Gasteiger partial charge is 0.273 e. The molecule has 6 heteroatoms. The number of nitrogens with zero attached hydrogens (tertiary/aromatic N) is 1. The summed E-state index contributed by atoms with van der Waals surface area (Å²) in [4.78, 5) is 10.4. The van der Waals surface area contributed by atoms with Gasteiger partial charge in [0.05, 0.1) is 18.1 Å². The average Bonchev–Trinajstić information content (AvgIpc) is 2.37. The van der Waals surface area contributed by atoms with E-state index in [9.17, 15) is 10.1 Å². The van der Waals surface area contributed by atoms with Crippen LogP contribution in [0.3, 0.4) is 0 Å². The fraction of sp³-hybridized carbons (Fsp3) is 0.571. The Morgan fingerprint density at radius 3 is 2.65 bits per heavy atom. The Labute approximate surface area is 118 Å². The van der Waals surface area contributed by atoms with Crippen LogP contribution in [0.5, 0.6) is 5.75 Å². The maximum Gasteiger partial charge on any atom is 0.273 e. The van der Waals surface area contributed by atoms with Crippen LogP contribution in [0, 0.1) is 15.5 Å². The van der Waals surface area contributed by atoms with Crippen molar-refractivity contribution in [3.05, 3.63) is 33.9 Å². The topological polar surface area (TPSA) is 84.6 Å². The minimum absolute atomic E-state index is 0.0143. The van der Waals surface area contributed by atoms with Gasteiger partial charge in [0.1, 0.15) is 5.75 Å². The maximum atomic E-state index is 10.8. The first-order valence-electron chi connectivity index (χ1n) is 6.52. The second-order valence-corrected chi connectivity index (χ2v) is 5.54. The van der Waals surface area contributed by atoms with Crippen molar-refractivity contribution in [1.82, 2.24) is 5.32 Å². The van der Waals surface area contributed by atoms with Gasteiger partial charge in [-0.3, -0.25) is 10.1 Å². The van der Waals surface area contributed by atoms with Crippen molar-refractivity contribution in [3.8, 4) is 5.75 Å². The molecular formula is C14H22N2O4. The number of hydrogen-bond acceptors (Lipinski definition) is 5. The van der Waals surface area contributed by atoms with Gasteiger partial charge in [-0.1, -0.05) is 13.8 Å². The highest BCUT2D eigenvalue weighted by molar-refractivity contribution is 5.42. The van der Waals surface area contributed by atoms with Gasteiger partial charge in [0.25, 0.3) is 5.69 Å². The van der Waals surface area contributed by atoms with E-state index in [-0.39, 0.29) is 17.7 Å². The first kappa shape index (κ1) is 16.4. The molecule has 112 valence electrons. The zero-order chi connectivity index (χ0) is 15.2. The lowest BCUT2D eigenvalue weighted by Crippen LogP contribution is -2.29. The Hall–Kier alpha value is -1.66. The van der Waals surface area contributed by atoms with E-state index in [1.54, 1.807) is 6.07 Å². The lowest BCUT2D eigenvalue weighted by molar-refractivity contribution is -0.385. The summed E-state index contributed by atoms with van der Waals surface area (Å²) in [5.41, 5.74) is 0.811. The van der Waals surface area contributed by atoms with Crippen LogP contribution in [0.4, 0.5) is 5.69 Å². The van der Waals surface area contributed by atoms with Crippen LogP contribution in [0.25, 0.3) is 0 Å². The van der Waals surface area contributed by atoms with Crippen LogP contribution in [0.15, 0.2) is 18.2 Å². The first-order valence-corrected chi connectivity index (χ1v) is 6.52. The number of ether oxygens (including phenoxy) is 1. The van der Waals surface area contributed by atoms with Gasteiger partial charge in [0.2, 0.25) is 0 Å². The van der Waals surface area contributed by atoms with E-state index in [0.29, 0.717) is 18.7 Å². The van der Waals surface area contributed by atoms with E-state index in [1.807, 2.05) is 0 Å². The predicted octanol–water partition coefficient (Wildman–Crippen LogP) is 2.10. The number of nitrogens with one attached hydrogen (secondary N) is 1. The van der Waals surface area contributed by atoms with E-state index >= 15 is 0 Å². The monoisotopic (exact) mass is 282 g/mol. The second kappa shape index (κ2) is 7.21. The molecule has 0 amide bonds. The van der Waals surface area contributed by atoms with Gasteiger partial charge in [-0.25, -0.2) is 0 Å². The molecule has 2 N–H and O–H groups in total. The van der Waals surface area contributed by atoms with Gasteiger partial charge in [0, 0.05) is 25.8 Å². The van der Waals surface area contributed by atoms with Gasteiger partial charge in [-0.05, 0) is 23.5 Å².